The fourth-order valence-corrected chi connectivity index (χ4v) is 1.77. The highest BCUT2D eigenvalue weighted by atomic mass is 15.1. The molecule has 15 heavy (non-hydrogen) atoms. The van der Waals surface area contributed by atoms with Crippen molar-refractivity contribution >= 4 is 0 Å². The second kappa shape index (κ2) is 7.73. The molecule has 1 saturated carbocycles. The van der Waals surface area contributed by atoms with Crippen LogP contribution in [-0.4, -0.2) is 37.1 Å². The van der Waals surface area contributed by atoms with Gasteiger partial charge >= 0.3 is 0 Å². The first-order valence-corrected chi connectivity index (χ1v) is 6.26. The highest BCUT2D eigenvalue weighted by molar-refractivity contribution is 4.88. The molecule has 0 radical (unpaired) electrons. The van der Waals surface area contributed by atoms with Crippen LogP contribution in [0.5, 0.6) is 0 Å². The van der Waals surface area contributed by atoms with Crippen molar-refractivity contribution in [2.24, 2.45) is 0 Å². The van der Waals surface area contributed by atoms with Crippen molar-refractivity contribution in [3.63, 3.8) is 0 Å². The van der Waals surface area contributed by atoms with Gasteiger partial charge in [0.05, 0.1) is 6.54 Å². The third-order valence-electron chi connectivity index (χ3n) is 2.77. The van der Waals surface area contributed by atoms with Crippen LogP contribution in [0.25, 0.3) is 0 Å². The van der Waals surface area contributed by atoms with Gasteiger partial charge in [0.15, 0.2) is 0 Å². The number of terminal acetylenes is 1. The molecule has 1 fully saturated rings. The zero-order chi connectivity index (χ0) is 10.9. The Hall–Kier alpha value is -0.520. The highest BCUT2D eigenvalue weighted by Crippen LogP contribution is 2.18. The second-order valence-corrected chi connectivity index (χ2v) is 4.42. The lowest BCUT2D eigenvalue weighted by molar-refractivity contribution is 0.300. The Morgan fingerprint density at radius 2 is 2.13 bits per heavy atom. The summed E-state index contributed by atoms with van der Waals surface area (Å²) in [5.74, 6) is 2.73. The minimum atomic E-state index is 0.809. The molecule has 1 aliphatic rings. The smallest absolute Gasteiger partial charge is 0.0598 e. The fraction of sp³-hybridized carbons (Fsp3) is 0.846. The molecule has 1 rings (SSSR count). The number of hydrogen-bond acceptors (Lipinski definition) is 2. The molecule has 0 aromatic heterocycles. The molecule has 86 valence electrons. The van der Waals surface area contributed by atoms with Crippen LogP contribution < -0.4 is 5.32 Å². The molecule has 1 N–H and O–H groups in total. The molecule has 2 heteroatoms. The molecule has 0 heterocycles. The van der Waals surface area contributed by atoms with Crippen LogP contribution in [0.15, 0.2) is 0 Å². The van der Waals surface area contributed by atoms with Crippen LogP contribution >= 0.6 is 0 Å². The summed E-state index contributed by atoms with van der Waals surface area (Å²) in [6, 6.07) is 0.849. The minimum Gasteiger partial charge on any atom is -0.314 e. The lowest BCUT2D eigenvalue weighted by atomic mass is 10.2. The van der Waals surface area contributed by atoms with Gasteiger partial charge in [-0.15, -0.1) is 6.42 Å². The molecule has 2 nitrogen and oxygen atoms in total. The van der Waals surface area contributed by atoms with E-state index in [2.05, 4.69) is 23.1 Å². The molecule has 0 aromatic carbocycles. The molecule has 0 aromatic rings. The topological polar surface area (TPSA) is 15.3 Å². The number of unbranched alkanes of at least 4 members (excludes halogenated alkanes) is 1. The SMILES string of the molecule is C#CCN(CCC)CCCCNC1CC1. The van der Waals surface area contributed by atoms with Gasteiger partial charge in [0.2, 0.25) is 0 Å². The number of nitrogens with one attached hydrogen (secondary N) is 1. The molecule has 0 spiro atoms. The van der Waals surface area contributed by atoms with Gasteiger partial charge in [-0.25, -0.2) is 0 Å². The van der Waals surface area contributed by atoms with E-state index in [0.29, 0.717) is 0 Å². The molecule has 0 bridgehead atoms. The van der Waals surface area contributed by atoms with Crippen molar-refractivity contribution < 1.29 is 0 Å². The lowest BCUT2D eigenvalue weighted by Crippen LogP contribution is -2.27. The largest absolute Gasteiger partial charge is 0.314 e. The first kappa shape index (κ1) is 12.5. The van der Waals surface area contributed by atoms with Crippen LogP contribution in [0, 0.1) is 12.3 Å². The summed E-state index contributed by atoms with van der Waals surface area (Å²) in [4.78, 5) is 2.37. The van der Waals surface area contributed by atoms with Gasteiger partial charge in [-0.3, -0.25) is 4.90 Å². The van der Waals surface area contributed by atoms with E-state index in [0.717, 1.165) is 25.7 Å². The highest BCUT2D eigenvalue weighted by Gasteiger charge is 2.19. The molecular formula is C13H24N2. The molecule has 0 unspecified atom stereocenters. The van der Waals surface area contributed by atoms with Gasteiger partial charge in [-0.2, -0.15) is 0 Å². The summed E-state index contributed by atoms with van der Waals surface area (Å²) in [5.41, 5.74) is 0. The standard InChI is InChI=1S/C13H24N2/c1-3-10-15(11-4-2)12-6-5-9-14-13-7-8-13/h1,13-14H,4-12H2,2H3. The predicted octanol–water partition coefficient (Wildman–Crippen LogP) is 1.86. The quantitative estimate of drug-likeness (QED) is 0.459. The lowest BCUT2D eigenvalue weighted by Gasteiger charge is -2.18. The third-order valence-corrected chi connectivity index (χ3v) is 2.77. The Bertz CT molecular complexity index is 191. The summed E-state index contributed by atoms with van der Waals surface area (Å²) in [6.07, 6.45) is 11.9. The van der Waals surface area contributed by atoms with Gasteiger partial charge in [0, 0.05) is 6.04 Å². The van der Waals surface area contributed by atoms with Crippen LogP contribution in [0.3, 0.4) is 0 Å². The van der Waals surface area contributed by atoms with Crippen molar-refractivity contribution in [1.82, 2.24) is 10.2 Å². The van der Waals surface area contributed by atoms with Crippen molar-refractivity contribution in [1.29, 1.82) is 0 Å². The van der Waals surface area contributed by atoms with Gasteiger partial charge in [0.25, 0.3) is 0 Å². The van der Waals surface area contributed by atoms with Gasteiger partial charge in [0.1, 0.15) is 0 Å². The Morgan fingerprint density at radius 1 is 1.33 bits per heavy atom. The molecule has 0 aliphatic heterocycles. The minimum absolute atomic E-state index is 0.809. The molecule has 0 amide bonds. The van der Waals surface area contributed by atoms with Crippen molar-refractivity contribution in [2.75, 3.05) is 26.2 Å². The number of hydrogen-bond donors (Lipinski definition) is 1. The fourth-order valence-electron chi connectivity index (χ4n) is 1.77. The summed E-state index contributed by atoms with van der Waals surface area (Å²) in [7, 11) is 0. The summed E-state index contributed by atoms with van der Waals surface area (Å²) in [6.45, 7) is 6.49. The Morgan fingerprint density at radius 3 is 2.73 bits per heavy atom. The van der Waals surface area contributed by atoms with Gasteiger partial charge in [-0.1, -0.05) is 12.8 Å². The Balaban J connectivity index is 1.92. The second-order valence-electron chi connectivity index (χ2n) is 4.42. The maximum Gasteiger partial charge on any atom is 0.0598 e. The monoisotopic (exact) mass is 208 g/mol. The van der Waals surface area contributed by atoms with Crippen LogP contribution in [0.4, 0.5) is 0 Å². The Kier molecular flexibility index (Phi) is 6.47. The van der Waals surface area contributed by atoms with E-state index >= 15 is 0 Å². The number of nitrogens with zero attached hydrogens (tertiary/aromatic N) is 1. The van der Waals surface area contributed by atoms with E-state index in [1.807, 2.05) is 0 Å². The normalized spacial score (nSPS) is 15.5. The summed E-state index contributed by atoms with van der Waals surface area (Å²) >= 11 is 0. The van der Waals surface area contributed by atoms with E-state index in [1.165, 1.54) is 38.6 Å². The Labute approximate surface area is 94.4 Å². The van der Waals surface area contributed by atoms with Crippen LogP contribution in [0.1, 0.15) is 39.0 Å². The van der Waals surface area contributed by atoms with Gasteiger partial charge in [-0.05, 0) is 51.7 Å². The average molecular weight is 208 g/mol. The first-order valence-electron chi connectivity index (χ1n) is 6.26. The van der Waals surface area contributed by atoms with E-state index in [9.17, 15) is 0 Å². The average Bonchev–Trinajstić information content (AvgIpc) is 3.02. The molecular weight excluding hydrogens is 184 g/mol. The van der Waals surface area contributed by atoms with E-state index < -0.39 is 0 Å². The van der Waals surface area contributed by atoms with Crippen molar-refractivity contribution in [2.45, 2.75) is 45.1 Å². The summed E-state index contributed by atoms with van der Waals surface area (Å²) < 4.78 is 0. The van der Waals surface area contributed by atoms with Crippen LogP contribution in [0.2, 0.25) is 0 Å². The van der Waals surface area contributed by atoms with Crippen LogP contribution in [-0.2, 0) is 0 Å². The molecule has 0 saturated heterocycles. The first-order chi connectivity index (χ1) is 7.36. The molecule has 0 atom stereocenters. The maximum absolute atomic E-state index is 5.33. The van der Waals surface area contributed by atoms with Crippen molar-refractivity contribution in [3.8, 4) is 12.3 Å². The zero-order valence-electron chi connectivity index (χ0n) is 9.97. The van der Waals surface area contributed by atoms with Crippen molar-refractivity contribution in [3.05, 3.63) is 0 Å². The van der Waals surface area contributed by atoms with E-state index in [4.69, 9.17) is 6.42 Å². The maximum atomic E-state index is 5.33. The number of rotatable bonds is 9. The third kappa shape index (κ3) is 6.54. The van der Waals surface area contributed by atoms with E-state index in [-0.39, 0.29) is 0 Å². The molecule has 1 aliphatic carbocycles. The summed E-state index contributed by atoms with van der Waals surface area (Å²) in [5, 5.41) is 3.54. The van der Waals surface area contributed by atoms with Gasteiger partial charge < -0.3 is 5.32 Å². The zero-order valence-corrected chi connectivity index (χ0v) is 9.97. The predicted molar refractivity (Wildman–Crippen MR) is 65.8 cm³/mol. The van der Waals surface area contributed by atoms with E-state index in [1.54, 1.807) is 0 Å².